The Labute approximate surface area is 267 Å². The topological polar surface area (TPSA) is 117 Å². The van der Waals surface area contributed by atoms with Crippen molar-refractivity contribution >= 4 is 62.5 Å². The summed E-state index contributed by atoms with van der Waals surface area (Å²) in [6.07, 6.45) is 6.52. The molecule has 1 fully saturated rings. The molecule has 1 N–H and O–H groups in total. The van der Waals surface area contributed by atoms with Crippen LogP contribution in [0.2, 0.25) is 0 Å². The SMILES string of the molecule is C=CCSc1ccc2nc(C3C(=O)c4cc5cc6c(cc5cc4C3=O)C(=O)N(c3ccc(C4CCCC4)cc3)C6=O)[nH]c(=O)c2c1. The summed E-state index contributed by atoms with van der Waals surface area (Å²) in [5, 5.41) is 1.48. The molecule has 2 heterocycles. The molecule has 0 radical (unpaired) electrons. The van der Waals surface area contributed by atoms with Crippen LogP contribution in [0, 0.1) is 0 Å². The Morgan fingerprint density at radius 1 is 0.804 bits per heavy atom. The summed E-state index contributed by atoms with van der Waals surface area (Å²) in [5.74, 6) is -1.92. The molecule has 1 aliphatic heterocycles. The molecular formula is C37H27N3O5S. The Kier molecular flexibility index (Phi) is 6.61. The van der Waals surface area contributed by atoms with Gasteiger partial charge in [0.15, 0.2) is 11.6 Å². The molecule has 0 spiro atoms. The van der Waals surface area contributed by atoms with E-state index in [4.69, 9.17) is 0 Å². The molecule has 8 rings (SSSR count). The first-order valence-corrected chi connectivity index (χ1v) is 16.3. The number of aromatic nitrogens is 2. The van der Waals surface area contributed by atoms with Gasteiger partial charge < -0.3 is 4.98 Å². The molecule has 4 aromatic carbocycles. The lowest BCUT2D eigenvalue weighted by atomic mass is 9.97. The highest BCUT2D eigenvalue weighted by molar-refractivity contribution is 7.99. The van der Waals surface area contributed by atoms with Crippen LogP contribution in [-0.4, -0.2) is 39.1 Å². The molecule has 1 saturated carbocycles. The van der Waals surface area contributed by atoms with Crippen LogP contribution in [0.25, 0.3) is 21.7 Å². The molecule has 2 aliphatic carbocycles. The second-order valence-electron chi connectivity index (χ2n) is 12.1. The molecule has 1 aromatic heterocycles. The average molecular weight is 626 g/mol. The van der Waals surface area contributed by atoms with E-state index >= 15 is 0 Å². The second kappa shape index (κ2) is 10.7. The minimum absolute atomic E-state index is 0.0123. The van der Waals surface area contributed by atoms with E-state index in [1.165, 1.54) is 35.1 Å². The number of carbonyl (C=O) groups excluding carboxylic acids is 4. The van der Waals surface area contributed by atoms with Crippen LogP contribution in [-0.2, 0) is 0 Å². The molecule has 0 atom stereocenters. The number of ketones is 2. The minimum atomic E-state index is -1.29. The van der Waals surface area contributed by atoms with E-state index in [2.05, 4.69) is 16.5 Å². The lowest BCUT2D eigenvalue weighted by molar-refractivity contribution is 0.0880. The van der Waals surface area contributed by atoms with Gasteiger partial charge in [-0.3, -0.25) is 24.0 Å². The number of rotatable bonds is 6. The predicted octanol–water partition coefficient (Wildman–Crippen LogP) is 6.98. The van der Waals surface area contributed by atoms with Crippen molar-refractivity contribution in [3.8, 4) is 0 Å². The maximum Gasteiger partial charge on any atom is 0.266 e. The number of benzene rings is 4. The number of nitrogens with one attached hydrogen (secondary N) is 1. The Balaban J connectivity index is 1.12. The first-order valence-electron chi connectivity index (χ1n) is 15.3. The molecule has 0 bridgehead atoms. The second-order valence-corrected chi connectivity index (χ2v) is 13.1. The van der Waals surface area contributed by atoms with E-state index in [0.717, 1.165) is 17.7 Å². The number of hydrogen-bond acceptors (Lipinski definition) is 7. The summed E-state index contributed by atoms with van der Waals surface area (Å²) in [6.45, 7) is 3.71. The highest BCUT2D eigenvalue weighted by atomic mass is 32.2. The Bertz CT molecular complexity index is 2170. The third kappa shape index (κ3) is 4.37. The molecule has 9 heteroatoms. The fraction of sp³-hybridized carbons (Fsp3) is 0.189. The van der Waals surface area contributed by atoms with Gasteiger partial charge in [-0.05, 0) is 89.7 Å². The number of carbonyl (C=O) groups is 4. The number of Topliss-reactive ketones (excluding diaryl/α,β-unsaturated/α-hetero) is 2. The molecule has 3 aliphatic rings. The van der Waals surface area contributed by atoms with Crippen molar-refractivity contribution in [1.82, 2.24) is 9.97 Å². The van der Waals surface area contributed by atoms with Crippen LogP contribution in [0.5, 0.6) is 0 Å². The van der Waals surface area contributed by atoms with Crippen molar-refractivity contribution in [2.45, 2.75) is 42.4 Å². The normalized spacial score (nSPS) is 16.7. The van der Waals surface area contributed by atoms with Crippen LogP contribution in [0.1, 0.15) is 90.3 Å². The van der Waals surface area contributed by atoms with Crippen LogP contribution < -0.4 is 10.5 Å². The largest absolute Gasteiger partial charge is 0.309 e. The van der Waals surface area contributed by atoms with E-state index in [9.17, 15) is 24.0 Å². The first-order chi connectivity index (χ1) is 22.3. The van der Waals surface area contributed by atoms with Gasteiger partial charge in [-0.2, -0.15) is 0 Å². The van der Waals surface area contributed by atoms with Gasteiger partial charge >= 0.3 is 0 Å². The van der Waals surface area contributed by atoms with Crippen molar-refractivity contribution in [3.05, 3.63) is 123 Å². The predicted molar refractivity (Wildman–Crippen MR) is 177 cm³/mol. The van der Waals surface area contributed by atoms with Gasteiger partial charge in [0.2, 0.25) is 0 Å². The average Bonchev–Trinajstić information content (AvgIpc) is 3.75. The smallest absolute Gasteiger partial charge is 0.266 e. The zero-order valence-electron chi connectivity index (χ0n) is 24.7. The molecule has 2 amide bonds. The van der Waals surface area contributed by atoms with Crippen molar-refractivity contribution < 1.29 is 19.2 Å². The Morgan fingerprint density at radius 2 is 1.41 bits per heavy atom. The summed E-state index contributed by atoms with van der Waals surface area (Å²) in [5.41, 5.74) is 2.56. The van der Waals surface area contributed by atoms with Crippen molar-refractivity contribution in [3.63, 3.8) is 0 Å². The van der Waals surface area contributed by atoms with Gasteiger partial charge in [0.25, 0.3) is 17.4 Å². The van der Waals surface area contributed by atoms with Crippen molar-refractivity contribution in [2.24, 2.45) is 0 Å². The van der Waals surface area contributed by atoms with Crippen LogP contribution in [0.4, 0.5) is 5.69 Å². The third-order valence-corrected chi connectivity index (χ3v) is 10.3. The number of H-pyrrole nitrogens is 1. The number of anilines is 1. The summed E-state index contributed by atoms with van der Waals surface area (Å²) < 4.78 is 0. The zero-order chi connectivity index (χ0) is 31.7. The standard InChI is InChI=1S/C37H27N3O5S/c1-2-13-46-24-11-12-30-29(18-24)35(43)39-34(38-30)31-32(41)25-14-21-16-27-28(17-22(21)15-26(25)33(31)42)37(45)40(36(27)44)23-9-7-20(8-10-23)19-5-3-4-6-19/h2,7-12,14-19,31H,1,3-6,13H2,(H,38,39,43). The van der Waals surface area contributed by atoms with Gasteiger partial charge in [0.05, 0.1) is 27.7 Å². The molecule has 46 heavy (non-hydrogen) atoms. The molecule has 0 saturated heterocycles. The monoisotopic (exact) mass is 625 g/mol. The highest BCUT2D eigenvalue weighted by Gasteiger charge is 2.43. The van der Waals surface area contributed by atoms with Crippen LogP contribution >= 0.6 is 11.8 Å². The lowest BCUT2D eigenvalue weighted by Crippen LogP contribution is -2.29. The van der Waals surface area contributed by atoms with Gasteiger partial charge in [0.1, 0.15) is 11.7 Å². The summed E-state index contributed by atoms with van der Waals surface area (Å²) in [6, 6.07) is 19.3. The van der Waals surface area contributed by atoms with E-state index in [-0.39, 0.29) is 28.1 Å². The summed E-state index contributed by atoms with van der Waals surface area (Å²) in [7, 11) is 0. The number of aromatic amines is 1. The fourth-order valence-electron chi connectivity index (χ4n) is 7.03. The Hall–Kier alpha value is -5.15. The quantitative estimate of drug-likeness (QED) is 0.0937. The summed E-state index contributed by atoms with van der Waals surface area (Å²) in [4.78, 5) is 76.6. The van der Waals surface area contributed by atoms with E-state index in [1.54, 1.807) is 42.5 Å². The number of thioether (sulfide) groups is 1. The molecule has 8 nitrogen and oxygen atoms in total. The van der Waals surface area contributed by atoms with E-state index in [1.807, 2.05) is 30.3 Å². The number of hydrogen-bond donors (Lipinski definition) is 1. The number of imide groups is 1. The van der Waals surface area contributed by atoms with Crippen molar-refractivity contribution in [1.29, 1.82) is 0 Å². The molecular weight excluding hydrogens is 598 g/mol. The lowest BCUT2D eigenvalue weighted by Gasteiger charge is -2.16. The molecule has 226 valence electrons. The van der Waals surface area contributed by atoms with Crippen LogP contribution in [0.3, 0.4) is 0 Å². The van der Waals surface area contributed by atoms with Crippen molar-refractivity contribution in [2.75, 3.05) is 10.7 Å². The highest BCUT2D eigenvalue weighted by Crippen LogP contribution is 2.39. The van der Waals surface area contributed by atoms with Gasteiger partial charge in [-0.15, -0.1) is 18.3 Å². The minimum Gasteiger partial charge on any atom is -0.309 e. The van der Waals surface area contributed by atoms with E-state index < -0.39 is 34.9 Å². The van der Waals surface area contributed by atoms with Gasteiger partial charge in [0, 0.05) is 21.8 Å². The summed E-state index contributed by atoms with van der Waals surface area (Å²) >= 11 is 1.53. The first kappa shape index (κ1) is 28.3. The zero-order valence-corrected chi connectivity index (χ0v) is 25.5. The Morgan fingerprint density at radius 3 is 2.02 bits per heavy atom. The van der Waals surface area contributed by atoms with Gasteiger partial charge in [-0.1, -0.05) is 31.1 Å². The molecule has 5 aromatic rings. The number of amides is 2. The third-order valence-electron chi connectivity index (χ3n) is 9.35. The number of nitrogens with zero attached hydrogens (tertiary/aromatic N) is 2. The van der Waals surface area contributed by atoms with Crippen LogP contribution in [0.15, 0.2) is 89.1 Å². The van der Waals surface area contributed by atoms with Gasteiger partial charge in [-0.25, -0.2) is 9.88 Å². The maximum absolute atomic E-state index is 13.7. The fourth-order valence-corrected chi connectivity index (χ4v) is 7.71. The number of fused-ring (bicyclic) bond motifs is 4. The maximum atomic E-state index is 13.7. The molecule has 0 unspecified atom stereocenters. The van der Waals surface area contributed by atoms with E-state index in [0.29, 0.717) is 39.0 Å².